The van der Waals surface area contributed by atoms with Gasteiger partial charge < -0.3 is 10.1 Å². The summed E-state index contributed by atoms with van der Waals surface area (Å²) in [6, 6.07) is -0.538. The molecule has 3 rings (SSSR count). The molecule has 1 heterocycles. The number of aromatic amines is 1. The van der Waals surface area contributed by atoms with Gasteiger partial charge in [0.15, 0.2) is 0 Å². The first-order valence-electron chi connectivity index (χ1n) is 8.94. The first-order chi connectivity index (χ1) is 11.7. The highest BCUT2D eigenvalue weighted by Crippen LogP contribution is 2.28. The number of amides is 1. The highest BCUT2D eigenvalue weighted by atomic mass is 16.5. The SMILES string of the molecule is COC(=O)[C@H](CC1CCCCC1)NC(=O)[C@@H]1CCc2n[nH]nc2C1. The predicted molar refractivity (Wildman–Crippen MR) is 87.0 cm³/mol. The van der Waals surface area contributed by atoms with Crippen molar-refractivity contribution >= 4 is 11.9 Å². The maximum absolute atomic E-state index is 12.6. The summed E-state index contributed by atoms with van der Waals surface area (Å²) >= 11 is 0. The molecule has 24 heavy (non-hydrogen) atoms. The Morgan fingerprint density at radius 1 is 1.21 bits per heavy atom. The van der Waals surface area contributed by atoms with Crippen LogP contribution in [0.15, 0.2) is 0 Å². The van der Waals surface area contributed by atoms with Gasteiger partial charge in [-0.3, -0.25) is 4.79 Å². The molecule has 1 amide bonds. The normalized spacial score (nSPS) is 22.5. The second-order valence-electron chi connectivity index (χ2n) is 6.98. The molecule has 7 nitrogen and oxygen atoms in total. The van der Waals surface area contributed by atoms with Crippen molar-refractivity contribution in [2.75, 3.05) is 7.11 Å². The molecule has 132 valence electrons. The van der Waals surface area contributed by atoms with Crippen LogP contribution in [0.5, 0.6) is 0 Å². The van der Waals surface area contributed by atoms with Crippen LogP contribution in [0.1, 0.15) is 56.3 Å². The summed E-state index contributed by atoms with van der Waals surface area (Å²) in [5, 5.41) is 13.7. The zero-order valence-electron chi connectivity index (χ0n) is 14.2. The van der Waals surface area contributed by atoms with E-state index in [1.807, 2.05) is 0 Å². The highest BCUT2D eigenvalue weighted by molar-refractivity contribution is 5.86. The van der Waals surface area contributed by atoms with E-state index < -0.39 is 6.04 Å². The first-order valence-corrected chi connectivity index (χ1v) is 8.94. The summed E-state index contributed by atoms with van der Waals surface area (Å²) < 4.78 is 4.90. The quantitative estimate of drug-likeness (QED) is 0.796. The summed E-state index contributed by atoms with van der Waals surface area (Å²) in [5.41, 5.74) is 1.81. The number of fused-ring (bicyclic) bond motifs is 1. The molecule has 0 aromatic carbocycles. The summed E-state index contributed by atoms with van der Waals surface area (Å²) in [5.74, 6) is -0.0699. The smallest absolute Gasteiger partial charge is 0.328 e. The second-order valence-corrected chi connectivity index (χ2v) is 6.98. The molecule has 0 unspecified atom stereocenters. The van der Waals surface area contributed by atoms with Crippen LogP contribution in [-0.2, 0) is 27.2 Å². The Hall–Kier alpha value is -1.92. The Morgan fingerprint density at radius 2 is 1.96 bits per heavy atom. The van der Waals surface area contributed by atoms with E-state index in [0.29, 0.717) is 18.8 Å². The fourth-order valence-corrected chi connectivity index (χ4v) is 3.91. The van der Waals surface area contributed by atoms with Crippen LogP contribution in [-0.4, -0.2) is 40.4 Å². The molecular formula is C17H26N4O3. The fourth-order valence-electron chi connectivity index (χ4n) is 3.91. The molecule has 0 aliphatic heterocycles. The number of esters is 1. The van der Waals surface area contributed by atoms with E-state index in [-0.39, 0.29) is 17.8 Å². The number of ether oxygens (including phenoxy) is 1. The van der Waals surface area contributed by atoms with E-state index in [4.69, 9.17) is 4.74 Å². The van der Waals surface area contributed by atoms with Gasteiger partial charge >= 0.3 is 5.97 Å². The summed E-state index contributed by atoms with van der Waals surface area (Å²) in [7, 11) is 1.38. The Bertz CT molecular complexity index is 580. The summed E-state index contributed by atoms with van der Waals surface area (Å²) in [6.07, 6.45) is 8.71. The Kier molecular flexibility index (Phi) is 5.48. The van der Waals surface area contributed by atoms with Crippen LogP contribution in [0, 0.1) is 11.8 Å². The molecule has 0 bridgehead atoms. The van der Waals surface area contributed by atoms with Gasteiger partial charge in [0.2, 0.25) is 5.91 Å². The molecule has 1 aromatic rings. The molecule has 0 saturated heterocycles. The molecule has 2 N–H and O–H groups in total. The average molecular weight is 334 g/mol. The molecular weight excluding hydrogens is 308 g/mol. The van der Waals surface area contributed by atoms with Crippen molar-refractivity contribution in [3.8, 4) is 0 Å². The molecule has 2 aliphatic rings. The lowest BCUT2D eigenvalue weighted by atomic mass is 9.84. The van der Waals surface area contributed by atoms with Crippen molar-refractivity contribution in [2.24, 2.45) is 11.8 Å². The summed E-state index contributed by atoms with van der Waals surface area (Å²) in [6.45, 7) is 0. The third kappa shape index (κ3) is 3.94. The van der Waals surface area contributed by atoms with E-state index in [2.05, 4.69) is 20.7 Å². The van der Waals surface area contributed by atoms with Crippen molar-refractivity contribution < 1.29 is 14.3 Å². The first kappa shape index (κ1) is 16.9. The van der Waals surface area contributed by atoms with E-state index in [0.717, 1.165) is 37.1 Å². The predicted octanol–water partition coefficient (Wildman–Crippen LogP) is 1.54. The maximum Gasteiger partial charge on any atom is 0.328 e. The number of carbonyl (C=O) groups excluding carboxylic acids is 2. The molecule has 7 heteroatoms. The van der Waals surface area contributed by atoms with Gasteiger partial charge in [-0.15, -0.1) is 0 Å². The van der Waals surface area contributed by atoms with Crippen molar-refractivity contribution in [2.45, 2.75) is 63.8 Å². The summed E-state index contributed by atoms with van der Waals surface area (Å²) in [4.78, 5) is 24.7. The van der Waals surface area contributed by atoms with E-state index in [9.17, 15) is 9.59 Å². The van der Waals surface area contributed by atoms with Crippen LogP contribution in [0.3, 0.4) is 0 Å². The van der Waals surface area contributed by atoms with Gasteiger partial charge in [-0.1, -0.05) is 32.1 Å². The lowest BCUT2D eigenvalue weighted by Crippen LogP contribution is -2.46. The number of aryl methyl sites for hydroxylation is 1. The third-order valence-corrected chi connectivity index (χ3v) is 5.34. The standard InChI is InChI=1S/C17H26N4O3/c1-24-17(23)15(9-11-5-3-2-4-6-11)18-16(22)12-7-8-13-14(10-12)20-21-19-13/h11-12,15H,2-10H2,1H3,(H,18,22)(H,19,20,21)/t12-,15+/m1/s1. The highest BCUT2D eigenvalue weighted by Gasteiger charge is 2.32. The minimum atomic E-state index is -0.538. The number of nitrogens with zero attached hydrogens (tertiary/aromatic N) is 2. The lowest BCUT2D eigenvalue weighted by Gasteiger charge is -2.27. The zero-order valence-corrected chi connectivity index (χ0v) is 14.2. The number of aromatic nitrogens is 3. The number of nitrogens with one attached hydrogen (secondary N) is 2. The van der Waals surface area contributed by atoms with Crippen molar-refractivity contribution in [3.05, 3.63) is 11.4 Å². The molecule has 2 aliphatic carbocycles. The average Bonchev–Trinajstić information content (AvgIpc) is 3.09. The van der Waals surface area contributed by atoms with Crippen LogP contribution in [0.25, 0.3) is 0 Å². The third-order valence-electron chi connectivity index (χ3n) is 5.34. The molecule has 1 saturated carbocycles. The van der Waals surface area contributed by atoms with E-state index in [1.165, 1.54) is 26.4 Å². The van der Waals surface area contributed by atoms with E-state index >= 15 is 0 Å². The van der Waals surface area contributed by atoms with Crippen LogP contribution < -0.4 is 5.32 Å². The number of hydrogen-bond donors (Lipinski definition) is 2. The number of methoxy groups -OCH3 is 1. The van der Waals surface area contributed by atoms with Crippen molar-refractivity contribution in [1.82, 2.24) is 20.7 Å². The zero-order chi connectivity index (χ0) is 16.9. The van der Waals surface area contributed by atoms with Gasteiger partial charge in [-0.25, -0.2) is 4.79 Å². The topological polar surface area (TPSA) is 97.0 Å². The minimum Gasteiger partial charge on any atom is -0.467 e. The van der Waals surface area contributed by atoms with Crippen LogP contribution >= 0.6 is 0 Å². The van der Waals surface area contributed by atoms with E-state index in [1.54, 1.807) is 0 Å². The van der Waals surface area contributed by atoms with Gasteiger partial charge in [0.25, 0.3) is 0 Å². The van der Waals surface area contributed by atoms with Crippen LogP contribution in [0.2, 0.25) is 0 Å². The van der Waals surface area contributed by atoms with Crippen LogP contribution in [0.4, 0.5) is 0 Å². The Balaban J connectivity index is 1.59. The van der Waals surface area contributed by atoms with Crippen molar-refractivity contribution in [1.29, 1.82) is 0 Å². The molecule has 0 spiro atoms. The fraction of sp³-hybridized carbons (Fsp3) is 0.765. The van der Waals surface area contributed by atoms with Gasteiger partial charge in [0.1, 0.15) is 6.04 Å². The Morgan fingerprint density at radius 3 is 2.71 bits per heavy atom. The number of carbonyl (C=O) groups is 2. The lowest BCUT2D eigenvalue weighted by molar-refractivity contribution is -0.146. The Labute approximate surface area is 141 Å². The molecule has 1 aromatic heterocycles. The van der Waals surface area contributed by atoms with Gasteiger partial charge in [0.05, 0.1) is 18.5 Å². The van der Waals surface area contributed by atoms with Gasteiger partial charge in [0, 0.05) is 12.3 Å². The van der Waals surface area contributed by atoms with Gasteiger partial charge in [-0.05, 0) is 25.2 Å². The monoisotopic (exact) mass is 334 g/mol. The molecule has 0 radical (unpaired) electrons. The minimum absolute atomic E-state index is 0.0742. The van der Waals surface area contributed by atoms with Gasteiger partial charge in [-0.2, -0.15) is 15.4 Å². The second kappa shape index (κ2) is 7.77. The van der Waals surface area contributed by atoms with Crippen molar-refractivity contribution in [3.63, 3.8) is 0 Å². The maximum atomic E-state index is 12.6. The number of rotatable bonds is 5. The molecule has 1 fully saturated rings. The number of H-pyrrole nitrogens is 1. The molecule has 2 atom stereocenters. The number of hydrogen-bond acceptors (Lipinski definition) is 5. The largest absolute Gasteiger partial charge is 0.467 e.